The number of amides is 6. The number of aliphatic hydroxyl groups excluding tert-OH is 1. The van der Waals surface area contributed by atoms with Crippen LogP contribution in [0.2, 0.25) is 0 Å². The maximum absolute atomic E-state index is 13.8. The normalized spacial score (nSPS) is 15.5. The van der Waals surface area contributed by atoms with Gasteiger partial charge in [0.25, 0.3) is 0 Å². The summed E-state index contributed by atoms with van der Waals surface area (Å²) in [6, 6.07) is 8.31. The number of primary amides is 1. The van der Waals surface area contributed by atoms with Crippen LogP contribution in [0.25, 0.3) is 0 Å². The van der Waals surface area contributed by atoms with Crippen molar-refractivity contribution in [2.45, 2.75) is 107 Å². The van der Waals surface area contributed by atoms with E-state index in [1.807, 2.05) is 0 Å². The van der Waals surface area contributed by atoms with Crippen LogP contribution in [0.15, 0.2) is 54.6 Å². The average molecular weight is 782 g/mol. The van der Waals surface area contributed by atoms with Gasteiger partial charge in [-0.3, -0.25) is 33.6 Å². The average Bonchev–Trinajstić information content (AvgIpc) is 3.18. The molecule has 6 amide bonds. The number of carbonyl (C=O) groups is 7. The predicted octanol–water partition coefficient (Wildman–Crippen LogP) is -0.347. The summed E-state index contributed by atoms with van der Waals surface area (Å²) in [5.41, 5.74) is 12.5. The number of carbonyl (C=O) groups excluding carboxylic acids is 6. The van der Waals surface area contributed by atoms with Crippen molar-refractivity contribution in [1.82, 2.24) is 26.6 Å². The summed E-state index contributed by atoms with van der Waals surface area (Å²) < 4.78 is 0. The molecule has 0 saturated heterocycles. The van der Waals surface area contributed by atoms with Crippen LogP contribution < -0.4 is 38.1 Å². The number of aliphatic carboxylic acids is 1. The number of phenolic OH excluding ortho intramolecular Hbond substituents is 1. The molecule has 5 unspecified atom stereocenters. The van der Waals surface area contributed by atoms with E-state index in [-0.39, 0.29) is 56.7 Å². The highest BCUT2D eigenvalue weighted by atomic mass is 16.4. The minimum Gasteiger partial charge on any atom is -0.508 e. The Hall–Kier alpha value is -5.55. The smallest absolute Gasteiger partial charge is 0.303 e. The molecule has 306 valence electrons. The first-order valence-corrected chi connectivity index (χ1v) is 18.9. The number of carboxylic acid groups (broad SMARTS) is 1. The number of benzene rings is 2. The van der Waals surface area contributed by atoms with Crippen LogP contribution in [0.3, 0.4) is 0 Å². The number of carboxylic acids is 1. The highest BCUT2D eigenvalue weighted by molar-refractivity contribution is 5.96. The standard InChI is InChI=1S/C39H55N7O10/c40-19-7-12-28(36(53)44-29(35(41)52)20-26-13-15-27(48)16-14-26)43-39(56)32(23-47)46-38(55)31(22-25-10-5-2-6-11-25)45-37(54)30(21-24-8-3-1-4-9-24)42-33(49)17-18-34(50)51/h2,5-6,10-11,13-16,24,28-32,47-48H,1,3-4,7-9,12,17-23,40H2,(H2,41,52)(H,42,49)(H,43,56)(H,44,53)(H,45,54)(H,46,55)(H,50,51). The second kappa shape index (κ2) is 23.4. The summed E-state index contributed by atoms with van der Waals surface area (Å²) >= 11 is 0. The van der Waals surface area contributed by atoms with E-state index in [0.717, 1.165) is 32.1 Å². The molecule has 0 aliphatic heterocycles. The van der Waals surface area contributed by atoms with Crippen LogP contribution in [0, 0.1) is 5.92 Å². The van der Waals surface area contributed by atoms with E-state index in [2.05, 4.69) is 26.6 Å². The Morgan fingerprint density at radius 3 is 1.80 bits per heavy atom. The van der Waals surface area contributed by atoms with E-state index in [9.17, 15) is 43.8 Å². The molecule has 17 heteroatoms. The lowest BCUT2D eigenvalue weighted by atomic mass is 9.84. The number of aromatic hydroxyl groups is 1. The zero-order valence-corrected chi connectivity index (χ0v) is 31.4. The lowest BCUT2D eigenvalue weighted by Crippen LogP contribution is -2.60. The van der Waals surface area contributed by atoms with Gasteiger partial charge in [-0.25, -0.2) is 0 Å². The highest BCUT2D eigenvalue weighted by Gasteiger charge is 2.33. The number of aliphatic hydroxyl groups is 1. The quantitative estimate of drug-likeness (QED) is 0.0696. The van der Waals surface area contributed by atoms with Gasteiger partial charge >= 0.3 is 5.97 Å². The first-order valence-electron chi connectivity index (χ1n) is 18.9. The Labute approximate surface area is 325 Å². The molecule has 17 nitrogen and oxygen atoms in total. The summed E-state index contributed by atoms with van der Waals surface area (Å²) in [5, 5.41) is 41.7. The van der Waals surface area contributed by atoms with Gasteiger partial charge in [0.05, 0.1) is 13.0 Å². The molecule has 0 bridgehead atoms. The number of nitrogens with one attached hydrogen (secondary N) is 5. The third kappa shape index (κ3) is 15.7. The largest absolute Gasteiger partial charge is 0.508 e. The van der Waals surface area contributed by atoms with Gasteiger partial charge in [-0.1, -0.05) is 74.6 Å². The molecule has 0 spiro atoms. The predicted molar refractivity (Wildman–Crippen MR) is 204 cm³/mol. The second-order valence-electron chi connectivity index (χ2n) is 14.1. The fourth-order valence-corrected chi connectivity index (χ4v) is 6.50. The maximum atomic E-state index is 13.8. The fraction of sp³-hybridized carbons (Fsp3) is 0.513. The molecule has 1 aliphatic carbocycles. The molecular formula is C39H55N7O10. The van der Waals surface area contributed by atoms with E-state index >= 15 is 0 Å². The monoisotopic (exact) mass is 781 g/mol. The van der Waals surface area contributed by atoms with Gasteiger partial charge in [-0.15, -0.1) is 0 Å². The summed E-state index contributed by atoms with van der Waals surface area (Å²) in [5.74, 6) is -5.71. The Morgan fingerprint density at radius 2 is 1.20 bits per heavy atom. The second-order valence-corrected chi connectivity index (χ2v) is 14.1. The topological polar surface area (TPSA) is 292 Å². The summed E-state index contributed by atoms with van der Waals surface area (Å²) in [6.07, 6.45) is 4.51. The molecule has 0 aromatic heterocycles. The lowest BCUT2D eigenvalue weighted by molar-refractivity contribution is -0.139. The van der Waals surface area contributed by atoms with Gasteiger partial charge in [0, 0.05) is 19.3 Å². The molecule has 0 radical (unpaired) electrons. The summed E-state index contributed by atoms with van der Waals surface area (Å²) in [7, 11) is 0. The molecule has 1 saturated carbocycles. The lowest BCUT2D eigenvalue weighted by Gasteiger charge is -2.29. The van der Waals surface area contributed by atoms with E-state index in [1.54, 1.807) is 42.5 Å². The third-order valence-corrected chi connectivity index (χ3v) is 9.61. The van der Waals surface area contributed by atoms with Crippen LogP contribution in [0.4, 0.5) is 0 Å². The first kappa shape index (κ1) is 44.8. The van der Waals surface area contributed by atoms with Crippen molar-refractivity contribution in [3.63, 3.8) is 0 Å². The van der Waals surface area contributed by atoms with Crippen LogP contribution in [0.1, 0.15) is 75.3 Å². The Balaban J connectivity index is 1.77. The van der Waals surface area contributed by atoms with Gasteiger partial charge in [0.15, 0.2) is 0 Å². The van der Waals surface area contributed by atoms with Gasteiger partial charge in [0.1, 0.15) is 36.0 Å². The molecule has 12 N–H and O–H groups in total. The van der Waals surface area contributed by atoms with E-state index in [4.69, 9.17) is 16.6 Å². The number of rotatable bonds is 23. The van der Waals surface area contributed by atoms with Crippen LogP contribution in [0.5, 0.6) is 5.75 Å². The minimum absolute atomic E-state index is 0.00369. The van der Waals surface area contributed by atoms with E-state index in [0.29, 0.717) is 11.1 Å². The van der Waals surface area contributed by atoms with Crippen molar-refractivity contribution in [2.24, 2.45) is 17.4 Å². The van der Waals surface area contributed by atoms with Crippen molar-refractivity contribution < 1.29 is 48.9 Å². The van der Waals surface area contributed by atoms with Crippen molar-refractivity contribution in [2.75, 3.05) is 13.2 Å². The molecule has 1 aliphatic rings. The Kier molecular flexibility index (Phi) is 18.7. The molecule has 56 heavy (non-hydrogen) atoms. The zero-order chi connectivity index (χ0) is 41.0. The number of hydrogen-bond acceptors (Lipinski definition) is 10. The van der Waals surface area contributed by atoms with Crippen LogP contribution in [-0.4, -0.2) is 100 Å². The van der Waals surface area contributed by atoms with Crippen molar-refractivity contribution in [3.05, 3.63) is 65.7 Å². The van der Waals surface area contributed by atoms with Gasteiger partial charge in [-0.2, -0.15) is 0 Å². The molecule has 2 aromatic carbocycles. The highest BCUT2D eigenvalue weighted by Crippen LogP contribution is 2.27. The van der Waals surface area contributed by atoms with Crippen LogP contribution in [-0.2, 0) is 46.4 Å². The number of hydrogen-bond donors (Lipinski definition) is 10. The summed E-state index contributed by atoms with van der Waals surface area (Å²) in [6.45, 7) is -0.724. The Bertz CT molecular complexity index is 1620. The zero-order valence-electron chi connectivity index (χ0n) is 31.4. The molecule has 2 aromatic rings. The molecule has 0 heterocycles. The molecule has 1 fully saturated rings. The maximum Gasteiger partial charge on any atom is 0.303 e. The van der Waals surface area contributed by atoms with Crippen molar-refractivity contribution >= 4 is 41.4 Å². The summed E-state index contributed by atoms with van der Waals surface area (Å²) in [4.78, 5) is 90.6. The third-order valence-electron chi connectivity index (χ3n) is 9.61. The van der Waals surface area contributed by atoms with E-state index < -0.39 is 84.6 Å². The first-order chi connectivity index (χ1) is 26.8. The Morgan fingerprint density at radius 1 is 0.661 bits per heavy atom. The van der Waals surface area contributed by atoms with Crippen LogP contribution >= 0.6 is 0 Å². The van der Waals surface area contributed by atoms with E-state index in [1.165, 1.54) is 12.1 Å². The molecule has 5 atom stereocenters. The van der Waals surface area contributed by atoms with Gasteiger partial charge in [0.2, 0.25) is 35.4 Å². The SMILES string of the molecule is NCCCC(NC(=O)C(CO)NC(=O)C(Cc1ccccc1)NC(=O)C(CC1CCCCC1)NC(=O)CCC(=O)O)C(=O)NC(Cc1ccc(O)cc1)C(N)=O. The van der Waals surface area contributed by atoms with Gasteiger partial charge in [-0.05, 0) is 55.0 Å². The fourth-order valence-electron chi connectivity index (χ4n) is 6.50. The number of phenols is 1. The van der Waals surface area contributed by atoms with Crippen molar-refractivity contribution in [3.8, 4) is 5.75 Å². The number of nitrogens with two attached hydrogens (primary N) is 2. The molecular weight excluding hydrogens is 726 g/mol. The molecule has 3 rings (SSSR count). The minimum atomic E-state index is -1.58. The van der Waals surface area contributed by atoms with Crippen molar-refractivity contribution in [1.29, 1.82) is 0 Å². The van der Waals surface area contributed by atoms with Gasteiger partial charge < -0.3 is 53.4 Å².